The van der Waals surface area contributed by atoms with Gasteiger partial charge in [-0.05, 0) is 31.7 Å². The Bertz CT molecular complexity index is 1710. The maximum Gasteiger partial charge on any atom is 0.274 e. The number of hydrogen-bond acceptors (Lipinski definition) is 10. The molecule has 248 valence electrons. The van der Waals surface area contributed by atoms with Crippen LogP contribution in [0.5, 0.6) is 0 Å². The quantitative estimate of drug-likeness (QED) is 0.287. The number of rotatable bonds is 5. The van der Waals surface area contributed by atoms with Crippen LogP contribution >= 0.6 is 11.3 Å². The van der Waals surface area contributed by atoms with E-state index in [9.17, 15) is 19.2 Å². The van der Waals surface area contributed by atoms with Gasteiger partial charge in [0.1, 0.15) is 28.3 Å². The highest BCUT2D eigenvalue weighted by Gasteiger charge is 2.29. The summed E-state index contributed by atoms with van der Waals surface area (Å²) in [5.41, 5.74) is 1.95. The normalized spacial score (nSPS) is 18.4. The lowest BCUT2D eigenvalue weighted by Gasteiger charge is -2.23. The Morgan fingerprint density at radius 2 is 1.85 bits per heavy atom. The van der Waals surface area contributed by atoms with E-state index in [-0.39, 0.29) is 67.5 Å². The molecule has 0 radical (unpaired) electrons. The van der Waals surface area contributed by atoms with E-state index in [1.807, 2.05) is 44.2 Å². The van der Waals surface area contributed by atoms with Crippen molar-refractivity contribution in [1.29, 1.82) is 0 Å². The van der Waals surface area contributed by atoms with Gasteiger partial charge >= 0.3 is 0 Å². The summed E-state index contributed by atoms with van der Waals surface area (Å²) >= 11 is 1.28. The van der Waals surface area contributed by atoms with Crippen LogP contribution < -0.4 is 16.0 Å². The Morgan fingerprint density at radius 1 is 1.06 bits per heavy atom. The molecule has 4 amide bonds. The van der Waals surface area contributed by atoms with Gasteiger partial charge in [-0.2, -0.15) is 0 Å². The average molecular weight is 662 g/mol. The Hall–Kier alpha value is -4.85. The standard InChI is InChI=1S/C33H39N7O6S/c1-19(2)28-33-36-25(18-47-33)30(43)34-12-14-40(27(42)17-23-15-20(3)39-46-23)13-8-11-26(41)35-24(16-22-9-6-5-7-10-22)32-38-29(21(4)45-32)31(44)37-28/h5-7,9-10,15,18-19,24,28H,8,11-14,16-17H2,1-4H3,(H,34,43)(H,35,41)(H,37,44)/t24-,28-/m0/s1. The van der Waals surface area contributed by atoms with Crippen molar-refractivity contribution < 1.29 is 28.1 Å². The van der Waals surface area contributed by atoms with Gasteiger partial charge in [0, 0.05) is 43.9 Å². The lowest BCUT2D eigenvalue weighted by Crippen LogP contribution is -2.40. The number of carbonyl (C=O) groups excluding carboxylic acids is 4. The number of fused-ring (bicyclic) bond motifs is 4. The van der Waals surface area contributed by atoms with E-state index >= 15 is 0 Å². The van der Waals surface area contributed by atoms with Crippen molar-refractivity contribution in [3.63, 3.8) is 0 Å². The van der Waals surface area contributed by atoms with Crippen LogP contribution in [0.1, 0.15) is 93.4 Å². The van der Waals surface area contributed by atoms with E-state index in [1.165, 1.54) is 11.3 Å². The molecule has 2 atom stereocenters. The van der Waals surface area contributed by atoms with Gasteiger partial charge in [-0.15, -0.1) is 11.3 Å². The smallest absolute Gasteiger partial charge is 0.274 e. The first-order valence-corrected chi connectivity index (χ1v) is 16.5. The fourth-order valence-corrected chi connectivity index (χ4v) is 6.32. The topological polar surface area (TPSA) is 173 Å². The number of aromatic nitrogens is 3. The minimum absolute atomic E-state index is 0.00371. The first kappa shape index (κ1) is 33.5. The predicted octanol–water partition coefficient (Wildman–Crippen LogP) is 3.86. The zero-order valence-corrected chi connectivity index (χ0v) is 27.7. The molecule has 5 rings (SSSR count). The molecule has 14 heteroatoms. The highest BCUT2D eigenvalue weighted by molar-refractivity contribution is 7.09. The van der Waals surface area contributed by atoms with Crippen LogP contribution in [0.25, 0.3) is 0 Å². The Morgan fingerprint density at radius 3 is 2.57 bits per heavy atom. The number of carbonyl (C=O) groups is 4. The van der Waals surface area contributed by atoms with Gasteiger partial charge < -0.3 is 29.8 Å². The van der Waals surface area contributed by atoms with Gasteiger partial charge in [-0.1, -0.05) is 49.3 Å². The first-order valence-electron chi connectivity index (χ1n) is 15.6. The summed E-state index contributed by atoms with van der Waals surface area (Å²) < 4.78 is 11.2. The molecule has 0 saturated heterocycles. The number of nitrogens with zero attached hydrogens (tertiary/aromatic N) is 4. The lowest BCUT2D eigenvalue weighted by atomic mass is 10.0. The van der Waals surface area contributed by atoms with Crippen molar-refractivity contribution in [2.45, 2.75) is 65.5 Å². The molecule has 1 aromatic carbocycles. The fourth-order valence-electron chi connectivity index (χ4n) is 5.30. The fraction of sp³-hybridized carbons (Fsp3) is 0.424. The van der Waals surface area contributed by atoms with Gasteiger partial charge in [-0.25, -0.2) is 9.97 Å². The van der Waals surface area contributed by atoms with Crippen LogP contribution in [-0.2, 0) is 22.4 Å². The highest BCUT2D eigenvalue weighted by Crippen LogP contribution is 2.27. The number of hydrogen-bond donors (Lipinski definition) is 3. The average Bonchev–Trinajstić information content (AvgIpc) is 3.78. The second-order valence-electron chi connectivity index (χ2n) is 11.9. The van der Waals surface area contributed by atoms with Crippen molar-refractivity contribution in [2.75, 3.05) is 19.6 Å². The van der Waals surface area contributed by atoms with Crippen LogP contribution in [0.2, 0.25) is 0 Å². The number of benzene rings is 1. The van der Waals surface area contributed by atoms with E-state index < -0.39 is 23.9 Å². The molecule has 3 aromatic heterocycles. The van der Waals surface area contributed by atoms with Crippen molar-refractivity contribution in [3.05, 3.63) is 86.8 Å². The molecule has 47 heavy (non-hydrogen) atoms. The zero-order chi connectivity index (χ0) is 33.5. The monoisotopic (exact) mass is 661 g/mol. The molecule has 13 nitrogen and oxygen atoms in total. The summed E-state index contributed by atoms with van der Waals surface area (Å²) in [7, 11) is 0. The van der Waals surface area contributed by atoms with Crippen molar-refractivity contribution in [3.8, 4) is 0 Å². The third kappa shape index (κ3) is 8.70. The molecule has 3 N–H and O–H groups in total. The zero-order valence-electron chi connectivity index (χ0n) is 26.9. The Labute approximate surface area is 276 Å². The maximum atomic E-state index is 13.5. The van der Waals surface area contributed by atoms with Crippen molar-refractivity contribution in [2.24, 2.45) is 5.92 Å². The molecule has 0 fully saturated rings. The molecule has 0 aliphatic carbocycles. The SMILES string of the molecule is Cc1cc(CC(=O)N2CCCC(=O)N[C@@H](Cc3ccccc3)c3nc(c(C)o3)C(=O)N[C@@H](C(C)C)c3nc(cs3)C(=O)NCC2)on1. The number of amides is 4. The number of nitrogens with one attached hydrogen (secondary N) is 3. The van der Waals surface area contributed by atoms with Crippen molar-refractivity contribution >= 4 is 35.0 Å². The molecule has 0 unspecified atom stereocenters. The van der Waals surface area contributed by atoms with Crippen LogP contribution in [0.15, 0.2) is 50.7 Å². The maximum absolute atomic E-state index is 13.5. The Kier molecular flexibility index (Phi) is 10.8. The summed E-state index contributed by atoms with van der Waals surface area (Å²) in [6.07, 6.45) is 0.881. The largest absolute Gasteiger partial charge is 0.443 e. The Balaban J connectivity index is 1.43. The minimum Gasteiger partial charge on any atom is -0.443 e. The molecule has 1 aliphatic heterocycles. The molecule has 4 heterocycles. The van der Waals surface area contributed by atoms with Crippen LogP contribution in [0.3, 0.4) is 0 Å². The van der Waals surface area contributed by atoms with E-state index in [2.05, 4.69) is 31.1 Å². The lowest BCUT2D eigenvalue weighted by molar-refractivity contribution is -0.131. The van der Waals surface area contributed by atoms with Crippen LogP contribution in [0.4, 0.5) is 0 Å². The predicted molar refractivity (Wildman–Crippen MR) is 173 cm³/mol. The van der Waals surface area contributed by atoms with Gasteiger partial charge in [0.2, 0.25) is 17.7 Å². The summed E-state index contributed by atoms with van der Waals surface area (Å²) in [6, 6.07) is 10.2. The van der Waals surface area contributed by atoms with Gasteiger partial charge in [0.15, 0.2) is 5.69 Å². The van der Waals surface area contributed by atoms with E-state index in [0.717, 1.165) is 5.56 Å². The van der Waals surface area contributed by atoms with Crippen LogP contribution in [0, 0.1) is 19.8 Å². The van der Waals surface area contributed by atoms with Crippen molar-refractivity contribution in [1.82, 2.24) is 36.0 Å². The second-order valence-corrected chi connectivity index (χ2v) is 12.8. The second kappa shape index (κ2) is 15.2. The molecule has 0 spiro atoms. The van der Waals surface area contributed by atoms with Gasteiger partial charge in [0.25, 0.3) is 11.8 Å². The number of aryl methyl sites for hydroxylation is 2. The molecule has 4 bridgehead atoms. The van der Waals surface area contributed by atoms with E-state index in [0.29, 0.717) is 35.1 Å². The molecular formula is C33H39N7O6S. The summed E-state index contributed by atoms with van der Waals surface area (Å²) in [5.74, 6) is -0.394. The summed E-state index contributed by atoms with van der Waals surface area (Å²) in [5, 5.41) is 15.0. The first-order chi connectivity index (χ1) is 22.6. The third-order valence-corrected chi connectivity index (χ3v) is 8.70. The van der Waals surface area contributed by atoms with E-state index in [4.69, 9.17) is 8.94 Å². The summed E-state index contributed by atoms with van der Waals surface area (Å²) in [4.78, 5) is 63.7. The van der Waals surface area contributed by atoms with Gasteiger partial charge in [0.05, 0.1) is 18.2 Å². The van der Waals surface area contributed by atoms with Crippen LogP contribution in [-0.4, -0.2) is 63.3 Å². The highest BCUT2D eigenvalue weighted by atomic mass is 32.1. The third-order valence-electron chi connectivity index (χ3n) is 7.77. The number of thiazole rings is 1. The number of oxazole rings is 1. The minimum atomic E-state index is -0.638. The molecule has 4 aromatic rings. The molecule has 1 aliphatic rings. The molecule has 0 saturated carbocycles. The summed E-state index contributed by atoms with van der Waals surface area (Å²) in [6.45, 7) is 8.00. The van der Waals surface area contributed by atoms with Gasteiger partial charge in [-0.3, -0.25) is 19.2 Å². The molecular weight excluding hydrogens is 622 g/mol. The van der Waals surface area contributed by atoms with E-state index in [1.54, 1.807) is 30.2 Å².